The van der Waals surface area contributed by atoms with Crippen LogP contribution in [0.2, 0.25) is 0 Å². The molecule has 0 amide bonds. The standard InChI is InChI=1S/C12H22N6O2/c1-3-8-19-11-14-10(17-13)15-12(16-11)20-9-4-6-18(2)7-5-9/h9H,3-8,13H2,1-2H3,(H,14,15,16,17). The van der Waals surface area contributed by atoms with Gasteiger partial charge in [-0.15, -0.1) is 4.98 Å². The monoisotopic (exact) mass is 282 g/mol. The van der Waals surface area contributed by atoms with Crippen LogP contribution < -0.4 is 20.7 Å². The molecule has 112 valence electrons. The van der Waals surface area contributed by atoms with Crippen LogP contribution in [0.5, 0.6) is 12.0 Å². The summed E-state index contributed by atoms with van der Waals surface area (Å²) in [5.74, 6) is 5.59. The number of hydrogen-bond acceptors (Lipinski definition) is 8. The summed E-state index contributed by atoms with van der Waals surface area (Å²) in [6.45, 7) is 4.58. The van der Waals surface area contributed by atoms with Crippen molar-refractivity contribution >= 4 is 5.95 Å². The molecule has 2 rings (SSSR count). The third kappa shape index (κ3) is 4.17. The number of nitrogens with zero attached hydrogens (tertiary/aromatic N) is 4. The fraction of sp³-hybridized carbons (Fsp3) is 0.750. The number of nitrogens with one attached hydrogen (secondary N) is 1. The zero-order valence-corrected chi connectivity index (χ0v) is 12.0. The first-order valence-electron chi connectivity index (χ1n) is 6.92. The molecule has 0 radical (unpaired) electrons. The quantitative estimate of drug-likeness (QED) is 0.572. The first-order chi connectivity index (χ1) is 9.71. The average molecular weight is 282 g/mol. The summed E-state index contributed by atoms with van der Waals surface area (Å²) in [7, 11) is 2.10. The van der Waals surface area contributed by atoms with Crippen molar-refractivity contribution in [3.63, 3.8) is 0 Å². The van der Waals surface area contributed by atoms with Crippen LogP contribution in [-0.2, 0) is 0 Å². The molecular formula is C12H22N6O2. The highest BCUT2D eigenvalue weighted by Crippen LogP contribution is 2.18. The lowest BCUT2D eigenvalue weighted by Crippen LogP contribution is -2.36. The minimum atomic E-state index is 0.123. The van der Waals surface area contributed by atoms with Gasteiger partial charge in [0.1, 0.15) is 6.10 Å². The maximum Gasteiger partial charge on any atom is 0.324 e. The van der Waals surface area contributed by atoms with E-state index in [-0.39, 0.29) is 24.1 Å². The largest absolute Gasteiger partial charge is 0.463 e. The Morgan fingerprint density at radius 3 is 2.60 bits per heavy atom. The smallest absolute Gasteiger partial charge is 0.324 e. The van der Waals surface area contributed by atoms with E-state index in [1.165, 1.54) is 0 Å². The zero-order valence-electron chi connectivity index (χ0n) is 12.0. The number of aromatic nitrogens is 3. The molecule has 1 aromatic heterocycles. The third-order valence-corrected chi connectivity index (χ3v) is 3.10. The van der Waals surface area contributed by atoms with E-state index in [0.29, 0.717) is 6.61 Å². The number of ether oxygens (including phenoxy) is 2. The molecule has 1 fully saturated rings. The van der Waals surface area contributed by atoms with Crippen molar-refractivity contribution in [3.05, 3.63) is 0 Å². The summed E-state index contributed by atoms with van der Waals surface area (Å²) >= 11 is 0. The summed E-state index contributed by atoms with van der Waals surface area (Å²) in [6.07, 6.45) is 2.91. The van der Waals surface area contributed by atoms with E-state index >= 15 is 0 Å². The lowest BCUT2D eigenvalue weighted by Gasteiger charge is -2.28. The Morgan fingerprint density at radius 1 is 1.25 bits per heavy atom. The van der Waals surface area contributed by atoms with E-state index < -0.39 is 0 Å². The molecule has 1 aromatic rings. The zero-order chi connectivity index (χ0) is 14.4. The van der Waals surface area contributed by atoms with Crippen molar-refractivity contribution in [1.82, 2.24) is 19.9 Å². The van der Waals surface area contributed by atoms with Gasteiger partial charge in [0.25, 0.3) is 0 Å². The van der Waals surface area contributed by atoms with Crippen molar-refractivity contribution < 1.29 is 9.47 Å². The molecule has 0 saturated carbocycles. The lowest BCUT2D eigenvalue weighted by molar-refractivity contribution is 0.104. The number of hydrazine groups is 1. The molecule has 1 aliphatic heterocycles. The van der Waals surface area contributed by atoms with Crippen LogP contribution in [-0.4, -0.2) is 52.7 Å². The van der Waals surface area contributed by atoms with Crippen LogP contribution in [0.3, 0.4) is 0 Å². The van der Waals surface area contributed by atoms with Gasteiger partial charge in [0.05, 0.1) is 6.61 Å². The molecule has 8 heteroatoms. The number of nitrogens with two attached hydrogens (primary N) is 1. The Labute approximate surface area is 118 Å². The predicted octanol–water partition coefficient (Wildman–Crippen LogP) is 0.419. The number of likely N-dealkylation sites (tertiary alicyclic amines) is 1. The molecule has 1 aliphatic rings. The van der Waals surface area contributed by atoms with Gasteiger partial charge in [0.2, 0.25) is 5.95 Å². The molecule has 0 atom stereocenters. The fourth-order valence-corrected chi connectivity index (χ4v) is 1.96. The highest BCUT2D eigenvalue weighted by atomic mass is 16.5. The predicted molar refractivity (Wildman–Crippen MR) is 74.6 cm³/mol. The second kappa shape index (κ2) is 7.20. The van der Waals surface area contributed by atoms with Crippen molar-refractivity contribution in [2.45, 2.75) is 32.3 Å². The summed E-state index contributed by atoms with van der Waals surface area (Å²) < 4.78 is 11.2. The summed E-state index contributed by atoms with van der Waals surface area (Å²) in [6, 6.07) is 0.492. The Bertz CT molecular complexity index is 422. The Morgan fingerprint density at radius 2 is 1.95 bits per heavy atom. The van der Waals surface area contributed by atoms with Crippen LogP contribution in [0.4, 0.5) is 5.95 Å². The van der Waals surface area contributed by atoms with Crippen molar-refractivity contribution in [3.8, 4) is 12.0 Å². The molecule has 0 aliphatic carbocycles. The first kappa shape index (κ1) is 14.7. The van der Waals surface area contributed by atoms with E-state index in [9.17, 15) is 0 Å². The van der Waals surface area contributed by atoms with E-state index in [2.05, 4.69) is 32.3 Å². The summed E-state index contributed by atoms with van der Waals surface area (Å²) in [5.41, 5.74) is 2.40. The molecule has 0 aromatic carbocycles. The van der Waals surface area contributed by atoms with Crippen molar-refractivity contribution in [2.75, 3.05) is 32.2 Å². The SMILES string of the molecule is CCCOc1nc(NN)nc(OC2CCN(C)CC2)n1. The van der Waals surface area contributed by atoms with Crippen LogP contribution in [0, 0.1) is 0 Å². The Balaban J connectivity index is 2.02. The van der Waals surface area contributed by atoms with Gasteiger partial charge in [-0.3, -0.25) is 5.43 Å². The molecule has 0 unspecified atom stereocenters. The minimum Gasteiger partial charge on any atom is -0.463 e. The van der Waals surface area contributed by atoms with E-state index in [0.717, 1.165) is 32.4 Å². The van der Waals surface area contributed by atoms with Gasteiger partial charge in [-0.25, -0.2) is 5.84 Å². The Hall–Kier alpha value is -1.67. The van der Waals surface area contributed by atoms with Gasteiger partial charge in [0.15, 0.2) is 0 Å². The number of hydrogen-bond donors (Lipinski definition) is 2. The van der Waals surface area contributed by atoms with Gasteiger partial charge in [0, 0.05) is 13.1 Å². The van der Waals surface area contributed by atoms with Gasteiger partial charge in [-0.2, -0.15) is 9.97 Å². The average Bonchev–Trinajstić information content (AvgIpc) is 2.47. The van der Waals surface area contributed by atoms with E-state index in [4.69, 9.17) is 15.3 Å². The fourth-order valence-electron chi connectivity index (χ4n) is 1.96. The molecule has 0 bridgehead atoms. The van der Waals surface area contributed by atoms with Gasteiger partial charge in [-0.1, -0.05) is 6.92 Å². The van der Waals surface area contributed by atoms with Crippen LogP contribution >= 0.6 is 0 Å². The molecule has 3 N–H and O–H groups in total. The second-order valence-corrected chi connectivity index (χ2v) is 4.84. The summed E-state index contributed by atoms with van der Waals surface area (Å²) in [5, 5.41) is 0. The van der Waals surface area contributed by atoms with E-state index in [1.807, 2.05) is 6.92 Å². The highest BCUT2D eigenvalue weighted by Gasteiger charge is 2.20. The first-order valence-corrected chi connectivity index (χ1v) is 6.92. The maximum absolute atomic E-state index is 5.80. The lowest BCUT2D eigenvalue weighted by atomic mass is 10.1. The van der Waals surface area contributed by atoms with Crippen molar-refractivity contribution in [2.24, 2.45) is 5.84 Å². The van der Waals surface area contributed by atoms with E-state index in [1.54, 1.807) is 0 Å². The molecule has 0 spiro atoms. The number of rotatable bonds is 6. The minimum absolute atomic E-state index is 0.123. The van der Waals surface area contributed by atoms with Crippen LogP contribution in [0.15, 0.2) is 0 Å². The molecule has 20 heavy (non-hydrogen) atoms. The number of piperidine rings is 1. The molecule has 8 nitrogen and oxygen atoms in total. The molecule has 1 saturated heterocycles. The number of anilines is 1. The number of nitrogen functional groups attached to an aromatic ring is 1. The topological polar surface area (TPSA) is 98.4 Å². The van der Waals surface area contributed by atoms with Crippen LogP contribution in [0.1, 0.15) is 26.2 Å². The summed E-state index contributed by atoms with van der Waals surface area (Å²) in [4.78, 5) is 14.6. The van der Waals surface area contributed by atoms with Gasteiger partial charge in [-0.05, 0) is 26.3 Å². The molecule has 2 heterocycles. The highest BCUT2D eigenvalue weighted by molar-refractivity contribution is 5.25. The van der Waals surface area contributed by atoms with Crippen LogP contribution in [0.25, 0.3) is 0 Å². The van der Waals surface area contributed by atoms with Gasteiger partial charge < -0.3 is 14.4 Å². The van der Waals surface area contributed by atoms with Gasteiger partial charge >= 0.3 is 12.0 Å². The maximum atomic E-state index is 5.80. The Kier molecular flexibility index (Phi) is 5.31. The molecular weight excluding hydrogens is 260 g/mol. The third-order valence-electron chi connectivity index (χ3n) is 3.10. The normalized spacial score (nSPS) is 16.9. The second-order valence-electron chi connectivity index (χ2n) is 4.84. The van der Waals surface area contributed by atoms with Crippen molar-refractivity contribution in [1.29, 1.82) is 0 Å².